The number of amidine groups is 2. The van der Waals surface area contributed by atoms with Crippen molar-refractivity contribution in [2.75, 3.05) is 31.1 Å². The van der Waals surface area contributed by atoms with E-state index in [1.165, 1.54) is 13.3 Å². The molecule has 2 N–H and O–H groups in total. The molecule has 0 radical (unpaired) electrons. The fourth-order valence-corrected chi connectivity index (χ4v) is 3.25. The quantitative estimate of drug-likeness (QED) is 0.628. The Kier molecular flexibility index (Phi) is 4.93. The minimum Gasteiger partial charge on any atom is -0.491 e. The maximum absolute atomic E-state index is 12.7. The number of rotatable bonds is 3. The molecule has 154 valence electrons. The first kappa shape index (κ1) is 19.3. The summed E-state index contributed by atoms with van der Waals surface area (Å²) in [6.45, 7) is 3.12. The average molecular weight is 406 g/mol. The van der Waals surface area contributed by atoms with Gasteiger partial charge in [0, 0.05) is 31.0 Å². The molecule has 1 saturated heterocycles. The van der Waals surface area contributed by atoms with Gasteiger partial charge in [-0.05, 0) is 25.5 Å². The molecule has 0 unspecified atom stereocenters. The molecule has 4 rings (SSSR count). The van der Waals surface area contributed by atoms with E-state index in [4.69, 9.17) is 10.5 Å². The molecule has 3 heterocycles. The molecule has 7 nitrogen and oxygen atoms in total. The lowest BCUT2D eigenvalue weighted by Gasteiger charge is -2.33. The molecule has 0 spiro atoms. The van der Waals surface area contributed by atoms with E-state index < -0.39 is 12.7 Å². The van der Waals surface area contributed by atoms with Crippen molar-refractivity contribution in [3.63, 3.8) is 0 Å². The van der Waals surface area contributed by atoms with E-state index in [1.807, 2.05) is 22.8 Å². The molecule has 0 atom stereocenters. The van der Waals surface area contributed by atoms with E-state index in [1.54, 1.807) is 6.20 Å². The molecule has 0 saturated carbocycles. The van der Waals surface area contributed by atoms with Gasteiger partial charge in [0.1, 0.15) is 30.4 Å². The number of benzene rings is 1. The summed E-state index contributed by atoms with van der Waals surface area (Å²) < 4.78 is 45.7. The summed E-state index contributed by atoms with van der Waals surface area (Å²) in [5, 5.41) is 0. The summed E-state index contributed by atoms with van der Waals surface area (Å²) in [4.78, 5) is 14.3. The molecular weight excluding hydrogens is 385 g/mol. The Morgan fingerprint density at radius 1 is 1.28 bits per heavy atom. The fourth-order valence-electron chi connectivity index (χ4n) is 3.25. The standard InChI is InChI=1S/C19H21F3N6O/c1-12(23)25-17(24-11-19(20,21)22)15-10-28-7-8-29-16-9-13(27-5-2-6-27)3-4-14(16)18(28)26-15/h3-4,9-10H,2,5-8,11H2,1H3,(H2,23,24,25). The summed E-state index contributed by atoms with van der Waals surface area (Å²) in [6, 6.07) is 5.92. The highest BCUT2D eigenvalue weighted by molar-refractivity contribution is 6.04. The highest BCUT2D eigenvalue weighted by Crippen LogP contribution is 2.36. The molecule has 0 aliphatic carbocycles. The lowest BCUT2D eigenvalue weighted by Crippen LogP contribution is -2.36. The van der Waals surface area contributed by atoms with Crippen LogP contribution in [-0.4, -0.2) is 53.6 Å². The van der Waals surface area contributed by atoms with Gasteiger partial charge >= 0.3 is 6.18 Å². The van der Waals surface area contributed by atoms with Crippen molar-refractivity contribution in [2.24, 2.45) is 15.7 Å². The summed E-state index contributed by atoms with van der Waals surface area (Å²) in [7, 11) is 0. The van der Waals surface area contributed by atoms with Crippen LogP contribution in [0, 0.1) is 0 Å². The van der Waals surface area contributed by atoms with Gasteiger partial charge in [-0.15, -0.1) is 0 Å². The number of halogens is 3. The van der Waals surface area contributed by atoms with Gasteiger partial charge in [-0.1, -0.05) is 0 Å². The SMILES string of the molecule is CC(N)=NC(=NCC(F)(F)F)c1cn2c(n1)-c1ccc(N3CCC3)cc1OCC2. The van der Waals surface area contributed by atoms with E-state index in [0.717, 1.165) is 24.3 Å². The maximum Gasteiger partial charge on any atom is 0.408 e. The second-order valence-electron chi connectivity index (χ2n) is 7.02. The van der Waals surface area contributed by atoms with Gasteiger partial charge in [0.2, 0.25) is 0 Å². The summed E-state index contributed by atoms with van der Waals surface area (Å²) in [5.41, 5.74) is 7.70. The number of nitrogens with zero attached hydrogens (tertiary/aromatic N) is 5. The third-order valence-electron chi connectivity index (χ3n) is 4.71. The van der Waals surface area contributed by atoms with Crippen LogP contribution in [0.5, 0.6) is 5.75 Å². The first-order chi connectivity index (χ1) is 13.8. The molecule has 2 aliphatic heterocycles. The first-order valence-corrected chi connectivity index (χ1v) is 9.32. The summed E-state index contributed by atoms with van der Waals surface area (Å²) in [6.07, 6.45) is -1.63. The number of anilines is 1. The Labute approximate surface area is 165 Å². The Hall–Kier alpha value is -3.04. The van der Waals surface area contributed by atoms with Crippen LogP contribution in [0.1, 0.15) is 19.0 Å². The molecular formula is C19H21F3N6O. The predicted molar refractivity (Wildman–Crippen MR) is 105 cm³/mol. The number of hydrogen-bond acceptors (Lipinski definition) is 4. The normalized spacial score (nSPS) is 17.2. The largest absolute Gasteiger partial charge is 0.491 e. The van der Waals surface area contributed by atoms with Gasteiger partial charge in [-0.25, -0.2) is 9.98 Å². The van der Waals surface area contributed by atoms with Crippen LogP contribution in [0.4, 0.5) is 18.9 Å². The third-order valence-corrected chi connectivity index (χ3v) is 4.71. The number of nitrogens with two attached hydrogens (primary N) is 1. The maximum atomic E-state index is 12.7. The minimum absolute atomic E-state index is 0.108. The molecule has 0 bridgehead atoms. The molecule has 29 heavy (non-hydrogen) atoms. The van der Waals surface area contributed by atoms with E-state index in [-0.39, 0.29) is 17.4 Å². The van der Waals surface area contributed by atoms with Gasteiger partial charge in [0.25, 0.3) is 0 Å². The van der Waals surface area contributed by atoms with E-state index in [0.29, 0.717) is 24.7 Å². The average Bonchev–Trinajstić information content (AvgIpc) is 2.93. The third kappa shape index (κ3) is 4.20. The van der Waals surface area contributed by atoms with E-state index in [9.17, 15) is 13.2 Å². The summed E-state index contributed by atoms with van der Waals surface area (Å²) >= 11 is 0. The van der Waals surface area contributed by atoms with Crippen molar-refractivity contribution in [1.29, 1.82) is 0 Å². The van der Waals surface area contributed by atoms with E-state index in [2.05, 4.69) is 19.9 Å². The number of fused-ring (bicyclic) bond motifs is 3. The number of imidazole rings is 1. The van der Waals surface area contributed by atoms with Crippen LogP contribution in [0.3, 0.4) is 0 Å². The minimum atomic E-state index is -4.44. The predicted octanol–water partition coefficient (Wildman–Crippen LogP) is 2.84. The van der Waals surface area contributed by atoms with Gasteiger partial charge in [-0.2, -0.15) is 13.2 Å². The van der Waals surface area contributed by atoms with Crippen LogP contribution < -0.4 is 15.4 Å². The van der Waals surface area contributed by atoms with Crippen molar-refractivity contribution in [3.8, 4) is 17.1 Å². The molecule has 10 heteroatoms. The van der Waals surface area contributed by atoms with Crippen molar-refractivity contribution in [3.05, 3.63) is 30.1 Å². The zero-order valence-electron chi connectivity index (χ0n) is 15.9. The smallest absolute Gasteiger partial charge is 0.408 e. The Morgan fingerprint density at radius 3 is 2.72 bits per heavy atom. The second-order valence-corrected chi connectivity index (χ2v) is 7.02. The van der Waals surface area contributed by atoms with Crippen LogP contribution >= 0.6 is 0 Å². The van der Waals surface area contributed by atoms with Crippen LogP contribution in [0.15, 0.2) is 34.4 Å². The fraction of sp³-hybridized carbons (Fsp3) is 0.421. The Balaban J connectivity index is 1.72. The lowest BCUT2D eigenvalue weighted by molar-refractivity contribution is -0.118. The number of alkyl halides is 3. The van der Waals surface area contributed by atoms with Gasteiger partial charge in [0.05, 0.1) is 17.9 Å². The van der Waals surface area contributed by atoms with Crippen molar-refractivity contribution >= 4 is 17.4 Å². The number of hydrogen-bond donors (Lipinski definition) is 1. The molecule has 0 amide bonds. The lowest BCUT2D eigenvalue weighted by atomic mass is 10.1. The Morgan fingerprint density at radius 2 is 2.07 bits per heavy atom. The molecule has 1 aromatic carbocycles. The van der Waals surface area contributed by atoms with Crippen molar-refractivity contribution < 1.29 is 17.9 Å². The second kappa shape index (κ2) is 7.41. The van der Waals surface area contributed by atoms with Gasteiger partial charge in [-0.3, -0.25) is 4.99 Å². The highest BCUT2D eigenvalue weighted by atomic mass is 19.4. The number of aliphatic imine (C=N–C) groups is 2. The summed E-state index contributed by atoms with van der Waals surface area (Å²) in [5.74, 6) is 1.28. The number of ether oxygens (including phenoxy) is 1. The van der Waals surface area contributed by atoms with Crippen molar-refractivity contribution in [1.82, 2.24) is 9.55 Å². The monoisotopic (exact) mass is 406 g/mol. The molecule has 1 fully saturated rings. The molecule has 2 aliphatic rings. The first-order valence-electron chi connectivity index (χ1n) is 9.32. The Bertz CT molecular complexity index is 971. The van der Waals surface area contributed by atoms with Gasteiger partial charge < -0.3 is 19.9 Å². The van der Waals surface area contributed by atoms with Crippen LogP contribution in [0.2, 0.25) is 0 Å². The highest BCUT2D eigenvalue weighted by Gasteiger charge is 2.28. The molecule has 1 aromatic heterocycles. The van der Waals surface area contributed by atoms with Crippen molar-refractivity contribution in [2.45, 2.75) is 26.1 Å². The zero-order valence-corrected chi connectivity index (χ0v) is 15.9. The van der Waals surface area contributed by atoms with Crippen LogP contribution in [-0.2, 0) is 6.54 Å². The van der Waals surface area contributed by atoms with Gasteiger partial charge in [0.15, 0.2) is 5.84 Å². The van der Waals surface area contributed by atoms with Crippen LogP contribution in [0.25, 0.3) is 11.4 Å². The molecule has 2 aromatic rings. The zero-order chi connectivity index (χ0) is 20.6. The number of aromatic nitrogens is 2. The van der Waals surface area contributed by atoms with E-state index >= 15 is 0 Å². The topological polar surface area (TPSA) is 81.0 Å².